The Balaban J connectivity index is 2.87. The number of aromatic nitrogens is 2. The summed E-state index contributed by atoms with van der Waals surface area (Å²) in [5.41, 5.74) is 7.78. The van der Waals surface area contributed by atoms with Crippen molar-refractivity contribution in [1.82, 2.24) is 9.78 Å². The highest BCUT2D eigenvalue weighted by Crippen LogP contribution is 2.24. The number of ether oxygens (including phenoxy) is 1. The van der Waals surface area contributed by atoms with E-state index in [4.69, 9.17) is 10.5 Å². The molecule has 0 aliphatic heterocycles. The Morgan fingerprint density at radius 2 is 2.44 bits per heavy atom. The zero-order chi connectivity index (χ0) is 12.0. The van der Waals surface area contributed by atoms with Crippen molar-refractivity contribution in [1.29, 1.82) is 0 Å². The van der Waals surface area contributed by atoms with Gasteiger partial charge in [0.05, 0.1) is 29.5 Å². The van der Waals surface area contributed by atoms with Crippen LogP contribution in [0.4, 0.5) is 0 Å². The minimum absolute atomic E-state index is 0.658. The summed E-state index contributed by atoms with van der Waals surface area (Å²) in [4.78, 5) is 0. The molecule has 0 amide bonds. The lowest BCUT2D eigenvalue weighted by atomic mass is 10.2. The van der Waals surface area contributed by atoms with E-state index in [1.807, 2.05) is 10.9 Å². The zero-order valence-electron chi connectivity index (χ0n) is 9.74. The van der Waals surface area contributed by atoms with Crippen molar-refractivity contribution in [2.24, 2.45) is 5.73 Å². The summed E-state index contributed by atoms with van der Waals surface area (Å²) in [5.74, 6) is 0. The van der Waals surface area contributed by atoms with Crippen LogP contribution in [0.3, 0.4) is 0 Å². The van der Waals surface area contributed by atoms with Crippen molar-refractivity contribution < 1.29 is 4.74 Å². The fraction of sp³-hybridized carbons (Fsp3) is 0.545. The van der Waals surface area contributed by atoms with Gasteiger partial charge in [0.1, 0.15) is 0 Å². The van der Waals surface area contributed by atoms with Crippen molar-refractivity contribution in [2.45, 2.75) is 19.9 Å². The molecule has 0 atom stereocenters. The van der Waals surface area contributed by atoms with Crippen LogP contribution in [0.15, 0.2) is 16.7 Å². The van der Waals surface area contributed by atoms with Gasteiger partial charge in [-0.2, -0.15) is 5.10 Å². The molecule has 0 saturated heterocycles. The monoisotopic (exact) mass is 287 g/mol. The zero-order valence-corrected chi connectivity index (χ0v) is 11.3. The Kier molecular flexibility index (Phi) is 5.73. The van der Waals surface area contributed by atoms with Crippen molar-refractivity contribution >= 4 is 21.5 Å². The number of halogens is 1. The Labute approximate surface area is 105 Å². The summed E-state index contributed by atoms with van der Waals surface area (Å²) in [6.45, 7) is 4.15. The number of rotatable bonds is 6. The van der Waals surface area contributed by atoms with Gasteiger partial charge in [-0.05, 0) is 41.4 Å². The van der Waals surface area contributed by atoms with Crippen LogP contribution in [0.25, 0.3) is 5.57 Å². The van der Waals surface area contributed by atoms with Crippen LogP contribution in [0.5, 0.6) is 0 Å². The highest BCUT2D eigenvalue weighted by molar-refractivity contribution is 9.10. The minimum atomic E-state index is 0.658. The lowest BCUT2D eigenvalue weighted by Crippen LogP contribution is -2.09. The van der Waals surface area contributed by atoms with E-state index in [9.17, 15) is 0 Å². The molecular weight excluding hydrogens is 270 g/mol. The third-order valence-corrected chi connectivity index (χ3v) is 2.87. The number of allylic oxidation sites excluding steroid dienone is 1. The molecule has 0 aliphatic rings. The molecular formula is C11H18BrN3O. The first-order valence-electron chi connectivity index (χ1n) is 5.28. The lowest BCUT2D eigenvalue weighted by molar-refractivity contribution is 0.183. The van der Waals surface area contributed by atoms with Crippen LogP contribution in [0.2, 0.25) is 0 Å². The Morgan fingerprint density at radius 3 is 3.06 bits per heavy atom. The average molecular weight is 288 g/mol. The van der Waals surface area contributed by atoms with Crippen LogP contribution in [-0.2, 0) is 11.3 Å². The molecule has 2 N–H and O–H groups in total. The lowest BCUT2D eigenvalue weighted by Gasteiger charge is -2.08. The largest absolute Gasteiger partial charge is 0.383 e. The smallest absolute Gasteiger partial charge is 0.0779 e. The second-order valence-electron chi connectivity index (χ2n) is 3.52. The first-order valence-corrected chi connectivity index (χ1v) is 6.07. The molecule has 0 spiro atoms. The predicted molar refractivity (Wildman–Crippen MR) is 69.1 cm³/mol. The van der Waals surface area contributed by atoms with Crippen LogP contribution >= 0.6 is 15.9 Å². The summed E-state index contributed by atoms with van der Waals surface area (Å²) in [6, 6.07) is 0. The SMILES string of the molecule is COCCn1ncc(Br)c1C(C)=CCCN. The van der Waals surface area contributed by atoms with Crippen LogP contribution in [-0.4, -0.2) is 30.0 Å². The summed E-state index contributed by atoms with van der Waals surface area (Å²) >= 11 is 3.51. The van der Waals surface area contributed by atoms with Gasteiger partial charge in [-0.1, -0.05) is 6.08 Å². The molecule has 16 heavy (non-hydrogen) atoms. The van der Waals surface area contributed by atoms with E-state index in [1.165, 1.54) is 5.57 Å². The molecule has 0 aromatic carbocycles. The number of hydrogen-bond acceptors (Lipinski definition) is 3. The molecule has 1 rings (SSSR count). The van der Waals surface area contributed by atoms with Crippen molar-refractivity contribution in [2.75, 3.05) is 20.3 Å². The second kappa shape index (κ2) is 6.83. The van der Waals surface area contributed by atoms with Crippen molar-refractivity contribution in [3.63, 3.8) is 0 Å². The summed E-state index contributed by atoms with van der Waals surface area (Å²) < 4.78 is 8.00. The summed E-state index contributed by atoms with van der Waals surface area (Å²) in [7, 11) is 1.69. The number of nitrogens with two attached hydrogens (primary N) is 1. The van der Waals surface area contributed by atoms with Crippen molar-refractivity contribution in [3.8, 4) is 0 Å². The van der Waals surface area contributed by atoms with Gasteiger partial charge >= 0.3 is 0 Å². The normalized spacial score (nSPS) is 12.1. The Hall–Kier alpha value is -0.650. The molecule has 1 heterocycles. The molecule has 5 heteroatoms. The first kappa shape index (κ1) is 13.4. The van der Waals surface area contributed by atoms with Gasteiger partial charge in [0.15, 0.2) is 0 Å². The third-order valence-electron chi connectivity index (χ3n) is 2.29. The maximum absolute atomic E-state index is 5.49. The van der Waals surface area contributed by atoms with E-state index in [1.54, 1.807) is 7.11 Å². The fourth-order valence-corrected chi connectivity index (χ4v) is 2.11. The topological polar surface area (TPSA) is 53.1 Å². The van der Waals surface area contributed by atoms with E-state index in [-0.39, 0.29) is 0 Å². The quantitative estimate of drug-likeness (QED) is 0.871. The molecule has 0 saturated carbocycles. The van der Waals surface area contributed by atoms with Crippen molar-refractivity contribution in [3.05, 3.63) is 22.4 Å². The van der Waals surface area contributed by atoms with Gasteiger partial charge in [0, 0.05) is 7.11 Å². The average Bonchev–Trinajstić information content (AvgIpc) is 2.64. The molecule has 4 nitrogen and oxygen atoms in total. The molecule has 1 aromatic rings. The Morgan fingerprint density at radius 1 is 1.69 bits per heavy atom. The van der Waals surface area contributed by atoms with Crippen LogP contribution in [0.1, 0.15) is 19.0 Å². The maximum Gasteiger partial charge on any atom is 0.0779 e. The van der Waals surface area contributed by atoms with Gasteiger partial charge in [-0.25, -0.2) is 0 Å². The number of hydrogen-bond donors (Lipinski definition) is 1. The van der Waals surface area contributed by atoms with Crippen LogP contribution in [0, 0.1) is 0 Å². The highest BCUT2D eigenvalue weighted by atomic mass is 79.9. The molecule has 0 bridgehead atoms. The minimum Gasteiger partial charge on any atom is -0.383 e. The summed E-state index contributed by atoms with van der Waals surface area (Å²) in [5, 5.41) is 4.30. The summed E-state index contributed by atoms with van der Waals surface area (Å²) in [6.07, 6.45) is 4.82. The predicted octanol–water partition coefficient (Wildman–Crippen LogP) is 2.04. The van der Waals surface area contributed by atoms with E-state index in [0.29, 0.717) is 13.2 Å². The molecule has 0 radical (unpaired) electrons. The van der Waals surface area contributed by atoms with Gasteiger partial charge in [0.25, 0.3) is 0 Å². The molecule has 1 aromatic heterocycles. The third kappa shape index (κ3) is 3.43. The first-order chi connectivity index (χ1) is 7.70. The molecule has 90 valence electrons. The van der Waals surface area contributed by atoms with Crippen LogP contribution < -0.4 is 5.73 Å². The maximum atomic E-state index is 5.49. The van der Waals surface area contributed by atoms with Gasteiger partial charge in [-0.15, -0.1) is 0 Å². The van der Waals surface area contributed by atoms with E-state index in [2.05, 4.69) is 34.0 Å². The fourth-order valence-electron chi connectivity index (χ4n) is 1.50. The molecule has 0 unspecified atom stereocenters. The van der Waals surface area contributed by atoms with Gasteiger partial charge in [0.2, 0.25) is 0 Å². The van der Waals surface area contributed by atoms with E-state index in [0.717, 1.165) is 23.1 Å². The molecule has 0 aliphatic carbocycles. The van der Waals surface area contributed by atoms with Gasteiger partial charge < -0.3 is 10.5 Å². The van der Waals surface area contributed by atoms with E-state index < -0.39 is 0 Å². The highest BCUT2D eigenvalue weighted by Gasteiger charge is 2.09. The van der Waals surface area contributed by atoms with Gasteiger partial charge in [-0.3, -0.25) is 4.68 Å². The van der Waals surface area contributed by atoms with E-state index >= 15 is 0 Å². The standard InChI is InChI=1S/C11H18BrN3O/c1-9(4-3-5-13)11-10(12)8-14-15(11)6-7-16-2/h4,8H,3,5-7,13H2,1-2H3. The number of methoxy groups -OCH3 is 1. The second-order valence-corrected chi connectivity index (χ2v) is 4.38. The molecule has 0 fully saturated rings. The Bertz CT molecular complexity index is 360. The number of nitrogens with zero attached hydrogens (tertiary/aromatic N) is 2.